The minimum absolute atomic E-state index is 0.0399. The first-order valence-corrected chi connectivity index (χ1v) is 13.3. The van der Waals surface area contributed by atoms with Crippen LogP contribution in [-0.2, 0) is 5.41 Å². The van der Waals surface area contributed by atoms with Gasteiger partial charge in [-0.25, -0.2) is 15.0 Å². The van der Waals surface area contributed by atoms with Crippen LogP contribution in [0.1, 0.15) is 29.7 Å². The molecule has 2 fully saturated rings. The zero-order valence-corrected chi connectivity index (χ0v) is 21.0. The lowest BCUT2D eigenvalue weighted by molar-refractivity contribution is 0.586. The lowest BCUT2D eigenvalue weighted by Gasteiger charge is -2.30. The van der Waals surface area contributed by atoms with Crippen LogP contribution in [0.15, 0.2) is 79.3 Å². The van der Waals surface area contributed by atoms with E-state index in [1.807, 2.05) is 24.7 Å². The lowest BCUT2D eigenvalue weighted by atomic mass is 9.92. The van der Waals surface area contributed by atoms with Crippen molar-refractivity contribution in [3.05, 3.63) is 96.1 Å². The van der Waals surface area contributed by atoms with Crippen LogP contribution in [-0.4, -0.2) is 51.1 Å². The number of nitrogens with one attached hydrogen (secondary N) is 2. The molecule has 1 aromatic carbocycles. The molecule has 0 spiro atoms. The quantitative estimate of drug-likeness (QED) is 0.355. The number of benzene rings is 1. The number of H-pyrrole nitrogens is 1. The van der Waals surface area contributed by atoms with Gasteiger partial charge in [-0.2, -0.15) is 0 Å². The third kappa shape index (κ3) is 3.32. The summed E-state index contributed by atoms with van der Waals surface area (Å²) in [6.07, 6.45) is 14.3. The zero-order valence-electron chi connectivity index (χ0n) is 21.0. The van der Waals surface area contributed by atoms with Gasteiger partial charge in [0.2, 0.25) is 0 Å². The molecule has 5 aromatic rings. The van der Waals surface area contributed by atoms with Gasteiger partial charge >= 0.3 is 0 Å². The molecule has 38 heavy (non-hydrogen) atoms. The van der Waals surface area contributed by atoms with E-state index in [2.05, 4.69) is 74.8 Å². The summed E-state index contributed by atoms with van der Waals surface area (Å²) in [5, 5.41) is 5.60. The summed E-state index contributed by atoms with van der Waals surface area (Å²) in [7, 11) is 0. The Morgan fingerprint density at radius 1 is 0.921 bits per heavy atom. The molecule has 0 unspecified atom stereocenters. The molecule has 7 nitrogen and oxygen atoms in total. The highest BCUT2D eigenvalue weighted by atomic mass is 15.2. The molecule has 186 valence electrons. The summed E-state index contributed by atoms with van der Waals surface area (Å²) in [6.45, 7) is 3.68. The number of allylic oxidation sites excluding steroid dienone is 4. The zero-order chi connectivity index (χ0) is 25.1. The van der Waals surface area contributed by atoms with Gasteiger partial charge in [0.1, 0.15) is 11.5 Å². The van der Waals surface area contributed by atoms with Crippen LogP contribution in [0.3, 0.4) is 0 Å². The van der Waals surface area contributed by atoms with Crippen LogP contribution >= 0.6 is 0 Å². The van der Waals surface area contributed by atoms with E-state index in [1.165, 1.54) is 16.8 Å². The number of aromatic nitrogens is 5. The van der Waals surface area contributed by atoms with Crippen molar-refractivity contribution in [3.8, 4) is 11.4 Å². The van der Waals surface area contributed by atoms with Crippen LogP contribution in [0.5, 0.6) is 0 Å². The van der Waals surface area contributed by atoms with Gasteiger partial charge in [0.05, 0.1) is 17.1 Å². The van der Waals surface area contributed by atoms with Crippen LogP contribution in [0.25, 0.3) is 38.9 Å². The van der Waals surface area contributed by atoms with Crippen molar-refractivity contribution in [2.75, 3.05) is 31.1 Å². The molecular weight excluding hydrogens is 470 g/mol. The van der Waals surface area contributed by atoms with Crippen molar-refractivity contribution in [3.63, 3.8) is 0 Å². The van der Waals surface area contributed by atoms with Crippen LogP contribution in [0.4, 0.5) is 5.82 Å². The van der Waals surface area contributed by atoms with Gasteiger partial charge in [-0.3, -0.25) is 4.98 Å². The summed E-state index contributed by atoms with van der Waals surface area (Å²) in [6, 6.07) is 15.1. The number of fused-ring (bicyclic) bond motifs is 2. The fraction of sp³-hybridized carbons (Fsp3) is 0.226. The third-order valence-electron chi connectivity index (χ3n) is 8.23. The van der Waals surface area contributed by atoms with Crippen molar-refractivity contribution in [2.24, 2.45) is 0 Å². The third-order valence-corrected chi connectivity index (χ3v) is 8.23. The smallest absolute Gasteiger partial charge is 0.163 e. The van der Waals surface area contributed by atoms with Crippen LogP contribution < -0.4 is 10.2 Å². The van der Waals surface area contributed by atoms with Gasteiger partial charge in [0, 0.05) is 66.2 Å². The summed E-state index contributed by atoms with van der Waals surface area (Å²) >= 11 is 0. The number of hydrogen-bond acceptors (Lipinski definition) is 6. The predicted octanol–water partition coefficient (Wildman–Crippen LogP) is 5.01. The van der Waals surface area contributed by atoms with E-state index in [1.54, 1.807) is 0 Å². The highest BCUT2D eigenvalue weighted by Crippen LogP contribution is 2.53. The second kappa shape index (κ2) is 8.33. The average Bonchev–Trinajstić information content (AvgIpc) is 3.64. The first-order chi connectivity index (χ1) is 18.8. The summed E-state index contributed by atoms with van der Waals surface area (Å²) in [5.74, 6) is 1.69. The first-order valence-electron chi connectivity index (χ1n) is 13.3. The van der Waals surface area contributed by atoms with E-state index >= 15 is 0 Å². The largest absolute Gasteiger partial charge is 0.353 e. The Bertz CT molecular complexity index is 1760. The minimum atomic E-state index is 0.0399. The van der Waals surface area contributed by atoms with E-state index in [0.717, 1.165) is 77.9 Å². The fourth-order valence-electron chi connectivity index (χ4n) is 5.96. The number of piperazine rings is 1. The topological polar surface area (TPSA) is 82.6 Å². The molecule has 1 saturated heterocycles. The van der Waals surface area contributed by atoms with Gasteiger partial charge < -0.3 is 15.2 Å². The van der Waals surface area contributed by atoms with Crippen molar-refractivity contribution in [1.82, 2.24) is 30.2 Å². The molecule has 1 saturated carbocycles. The number of hydrogen-bond donors (Lipinski definition) is 2. The van der Waals surface area contributed by atoms with E-state index in [4.69, 9.17) is 15.0 Å². The van der Waals surface area contributed by atoms with Gasteiger partial charge in [-0.1, -0.05) is 48.6 Å². The van der Waals surface area contributed by atoms with Gasteiger partial charge in [0.15, 0.2) is 5.82 Å². The number of aromatic amines is 1. The molecule has 1 aliphatic heterocycles. The molecule has 0 bridgehead atoms. The summed E-state index contributed by atoms with van der Waals surface area (Å²) in [5.41, 5.74) is 7.62. The summed E-state index contributed by atoms with van der Waals surface area (Å²) < 4.78 is 0. The maximum absolute atomic E-state index is 5.26. The highest BCUT2D eigenvalue weighted by Gasteiger charge is 2.47. The molecule has 5 heterocycles. The second-order valence-corrected chi connectivity index (χ2v) is 10.4. The second-order valence-electron chi connectivity index (χ2n) is 10.4. The van der Waals surface area contributed by atoms with Crippen molar-refractivity contribution in [1.29, 1.82) is 0 Å². The number of anilines is 1. The van der Waals surface area contributed by atoms with Crippen molar-refractivity contribution in [2.45, 2.75) is 18.3 Å². The molecule has 0 amide bonds. The minimum Gasteiger partial charge on any atom is -0.353 e. The van der Waals surface area contributed by atoms with E-state index in [-0.39, 0.29) is 5.41 Å². The standard InChI is InChI=1S/C31H27N7/c1-2-7-21(8-3-1)31(10-11-31)26-17-23-22(9-12-34-28(23)36-26)29-35-25-19-33-18-24(20-5-4-6-20)27(25)30(37-29)38-15-13-32-14-16-38/h1-9,12,17-19,32H,10-11,13-16H2,(H,34,36). The highest BCUT2D eigenvalue weighted by molar-refractivity contribution is 6.03. The van der Waals surface area contributed by atoms with E-state index < -0.39 is 0 Å². The number of rotatable bonds is 5. The summed E-state index contributed by atoms with van der Waals surface area (Å²) in [4.78, 5) is 25.6. The van der Waals surface area contributed by atoms with Gasteiger partial charge in [-0.15, -0.1) is 0 Å². The van der Waals surface area contributed by atoms with Gasteiger partial charge in [0.25, 0.3) is 0 Å². The molecule has 4 aromatic heterocycles. The number of pyridine rings is 2. The number of nitrogens with zero attached hydrogens (tertiary/aromatic N) is 5. The van der Waals surface area contributed by atoms with Crippen LogP contribution in [0, 0.1) is 0 Å². The van der Waals surface area contributed by atoms with E-state index in [0.29, 0.717) is 5.82 Å². The Labute approximate surface area is 220 Å². The van der Waals surface area contributed by atoms with Crippen molar-refractivity contribution < 1.29 is 0 Å². The van der Waals surface area contributed by atoms with Crippen molar-refractivity contribution >= 4 is 33.3 Å². The molecule has 3 aliphatic rings. The Balaban J connectivity index is 1.31. The molecular formula is C31H27N7. The predicted molar refractivity (Wildman–Crippen MR) is 151 cm³/mol. The first kappa shape index (κ1) is 21.7. The Kier molecular flexibility index (Phi) is 4.76. The molecule has 2 aliphatic carbocycles. The molecule has 0 atom stereocenters. The monoisotopic (exact) mass is 497 g/mol. The molecule has 7 heteroatoms. The molecule has 2 N–H and O–H groups in total. The molecule has 8 rings (SSSR count). The maximum atomic E-state index is 5.26. The Morgan fingerprint density at radius 3 is 2.53 bits per heavy atom. The maximum Gasteiger partial charge on any atom is 0.163 e. The SMILES string of the molecule is C1=CC(c2cncc3nc(-c4ccnc5[nH]c(C6(c7ccccc7)CC6)cc45)nc(N4CCNCC4)c23)=C1. The normalized spacial score (nSPS) is 18.0. The van der Waals surface area contributed by atoms with E-state index in [9.17, 15) is 0 Å². The Hall–Kier alpha value is -4.36. The Morgan fingerprint density at radius 2 is 1.76 bits per heavy atom. The van der Waals surface area contributed by atoms with Crippen LogP contribution in [0.2, 0.25) is 0 Å². The fourth-order valence-corrected chi connectivity index (χ4v) is 5.96. The average molecular weight is 498 g/mol. The molecule has 0 radical (unpaired) electrons. The van der Waals surface area contributed by atoms with Gasteiger partial charge in [-0.05, 0) is 36.1 Å². The lowest BCUT2D eigenvalue weighted by Crippen LogP contribution is -2.44.